The third-order valence-electron chi connectivity index (χ3n) is 2.51. The van der Waals surface area contributed by atoms with Gasteiger partial charge in [-0.05, 0) is 26.3 Å². The van der Waals surface area contributed by atoms with E-state index in [1.807, 2.05) is 14.0 Å². The van der Waals surface area contributed by atoms with Crippen LogP contribution in [0.25, 0.3) is 0 Å². The minimum Gasteiger partial charge on any atom is -0.389 e. The normalized spacial score (nSPS) is 24.3. The van der Waals surface area contributed by atoms with Crippen molar-refractivity contribution < 1.29 is 5.11 Å². The Kier molecular flexibility index (Phi) is 2.90. The molecule has 0 aromatic rings. The van der Waals surface area contributed by atoms with Crippen molar-refractivity contribution in [2.45, 2.75) is 38.2 Å². The standard InChI is InChI=1S/C9H19NO/c1-9(11,7-10-2)6-8-4-3-5-8/h8,10-11H,3-7H2,1-2H3. The number of likely N-dealkylation sites (N-methyl/N-ethyl adjacent to an activating group) is 1. The Bertz CT molecular complexity index is 119. The van der Waals surface area contributed by atoms with Gasteiger partial charge in [-0.3, -0.25) is 0 Å². The third kappa shape index (κ3) is 2.80. The quantitative estimate of drug-likeness (QED) is 0.641. The topological polar surface area (TPSA) is 32.3 Å². The van der Waals surface area contributed by atoms with Crippen LogP contribution in [0.1, 0.15) is 32.6 Å². The van der Waals surface area contributed by atoms with Gasteiger partial charge < -0.3 is 10.4 Å². The first-order valence-electron chi connectivity index (χ1n) is 4.51. The van der Waals surface area contributed by atoms with E-state index in [0.29, 0.717) is 6.54 Å². The molecule has 0 saturated heterocycles. The van der Waals surface area contributed by atoms with Crippen molar-refractivity contribution in [3.05, 3.63) is 0 Å². The van der Waals surface area contributed by atoms with Crippen molar-refractivity contribution in [3.8, 4) is 0 Å². The van der Waals surface area contributed by atoms with E-state index in [-0.39, 0.29) is 0 Å². The maximum atomic E-state index is 9.79. The SMILES string of the molecule is CNCC(C)(O)CC1CCC1. The molecule has 1 aliphatic carbocycles. The van der Waals surface area contributed by atoms with E-state index in [4.69, 9.17) is 0 Å². The first-order valence-corrected chi connectivity index (χ1v) is 4.51. The zero-order valence-electron chi connectivity index (χ0n) is 7.56. The van der Waals surface area contributed by atoms with E-state index >= 15 is 0 Å². The molecule has 66 valence electrons. The second-order valence-corrected chi connectivity index (χ2v) is 4.03. The molecule has 2 nitrogen and oxygen atoms in total. The van der Waals surface area contributed by atoms with Gasteiger partial charge in [-0.1, -0.05) is 19.3 Å². The van der Waals surface area contributed by atoms with Gasteiger partial charge in [0.2, 0.25) is 0 Å². The van der Waals surface area contributed by atoms with E-state index < -0.39 is 5.60 Å². The molecule has 11 heavy (non-hydrogen) atoms. The van der Waals surface area contributed by atoms with Crippen LogP contribution in [-0.4, -0.2) is 24.3 Å². The van der Waals surface area contributed by atoms with Crippen molar-refractivity contribution in [1.82, 2.24) is 5.32 Å². The van der Waals surface area contributed by atoms with Crippen LogP contribution < -0.4 is 5.32 Å². The predicted molar refractivity (Wildman–Crippen MR) is 46.5 cm³/mol. The molecule has 0 amide bonds. The summed E-state index contributed by atoms with van der Waals surface area (Å²) in [6.07, 6.45) is 4.97. The average Bonchev–Trinajstić information content (AvgIpc) is 1.79. The Morgan fingerprint density at radius 1 is 1.55 bits per heavy atom. The fraction of sp³-hybridized carbons (Fsp3) is 1.00. The van der Waals surface area contributed by atoms with Gasteiger partial charge in [-0.2, -0.15) is 0 Å². The largest absolute Gasteiger partial charge is 0.389 e. The summed E-state index contributed by atoms with van der Waals surface area (Å²) in [5, 5.41) is 12.8. The summed E-state index contributed by atoms with van der Waals surface area (Å²) >= 11 is 0. The highest BCUT2D eigenvalue weighted by atomic mass is 16.3. The molecule has 2 heteroatoms. The highest BCUT2D eigenvalue weighted by Crippen LogP contribution is 2.33. The first kappa shape index (κ1) is 9.01. The van der Waals surface area contributed by atoms with Crippen LogP contribution in [0, 0.1) is 5.92 Å². The smallest absolute Gasteiger partial charge is 0.0746 e. The molecule has 2 N–H and O–H groups in total. The van der Waals surface area contributed by atoms with Crippen LogP contribution in [0.3, 0.4) is 0 Å². The van der Waals surface area contributed by atoms with Crippen molar-refractivity contribution in [2.24, 2.45) is 5.92 Å². The average molecular weight is 157 g/mol. The highest BCUT2D eigenvalue weighted by Gasteiger charge is 2.27. The van der Waals surface area contributed by atoms with Crippen LogP contribution in [0.4, 0.5) is 0 Å². The molecule has 0 aromatic heterocycles. The van der Waals surface area contributed by atoms with Gasteiger partial charge in [0.25, 0.3) is 0 Å². The van der Waals surface area contributed by atoms with Gasteiger partial charge in [0.15, 0.2) is 0 Å². The summed E-state index contributed by atoms with van der Waals surface area (Å²) in [5.74, 6) is 0.790. The van der Waals surface area contributed by atoms with E-state index in [9.17, 15) is 5.11 Å². The van der Waals surface area contributed by atoms with Gasteiger partial charge in [0, 0.05) is 6.54 Å². The van der Waals surface area contributed by atoms with Gasteiger partial charge >= 0.3 is 0 Å². The molecule has 1 atom stereocenters. The number of hydrogen-bond acceptors (Lipinski definition) is 2. The summed E-state index contributed by atoms with van der Waals surface area (Å²) in [7, 11) is 1.88. The first-order chi connectivity index (χ1) is 5.14. The summed E-state index contributed by atoms with van der Waals surface area (Å²) in [6, 6.07) is 0. The lowest BCUT2D eigenvalue weighted by Crippen LogP contribution is -2.39. The molecular weight excluding hydrogens is 138 g/mol. The van der Waals surface area contributed by atoms with E-state index in [1.165, 1.54) is 19.3 Å². The summed E-state index contributed by atoms with van der Waals surface area (Å²) in [5.41, 5.74) is -0.486. The molecule has 0 aliphatic heterocycles. The van der Waals surface area contributed by atoms with Crippen LogP contribution in [0.2, 0.25) is 0 Å². The fourth-order valence-corrected chi connectivity index (χ4v) is 1.77. The van der Waals surface area contributed by atoms with E-state index in [2.05, 4.69) is 5.32 Å². The Morgan fingerprint density at radius 3 is 2.55 bits per heavy atom. The van der Waals surface area contributed by atoms with Crippen molar-refractivity contribution in [1.29, 1.82) is 0 Å². The highest BCUT2D eigenvalue weighted by molar-refractivity contribution is 4.82. The third-order valence-corrected chi connectivity index (χ3v) is 2.51. The lowest BCUT2D eigenvalue weighted by molar-refractivity contribution is 0.0222. The lowest BCUT2D eigenvalue weighted by Gasteiger charge is -2.33. The minimum absolute atomic E-state index is 0.486. The van der Waals surface area contributed by atoms with Crippen LogP contribution in [-0.2, 0) is 0 Å². The summed E-state index contributed by atoms with van der Waals surface area (Å²) in [4.78, 5) is 0. The molecule has 1 aliphatic rings. The molecule has 0 aromatic carbocycles. The second kappa shape index (κ2) is 3.55. The maximum absolute atomic E-state index is 9.79. The molecule has 1 saturated carbocycles. The monoisotopic (exact) mass is 157 g/mol. The molecule has 0 heterocycles. The molecule has 1 fully saturated rings. The van der Waals surface area contributed by atoms with E-state index in [0.717, 1.165) is 12.3 Å². The Hall–Kier alpha value is -0.0800. The maximum Gasteiger partial charge on any atom is 0.0746 e. The van der Waals surface area contributed by atoms with E-state index in [1.54, 1.807) is 0 Å². The number of aliphatic hydroxyl groups is 1. The zero-order chi connectivity index (χ0) is 8.32. The van der Waals surface area contributed by atoms with Gasteiger partial charge in [0.05, 0.1) is 5.60 Å². The van der Waals surface area contributed by atoms with Gasteiger partial charge in [-0.15, -0.1) is 0 Å². The molecule has 0 radical (unpaired) electrons. The molecular formula is C9H19NO. The zero-order valence-corrected chi connectivity index (χ0v) is 7.56. The molecule has 0 spiro atoms. The second-order valence-electron chi connectivity index (χ2n) is 4.03. The number of hydrogen-bond donors (Lipinski definition) is 2. The van der Waals surface area contributed by atoms with Crippen LogP contribution in [0.15, 0.2) is 0 Å². The van der Waals surface area contributed by atoms with Crippen molar-refractivity contribution in [3.63, 3.8) is 0 Å². The summed E-state index contributed by atoms with van der Waals surface area (Å²) < 4.78 is 0. The number of nitrogens with one attached hydrogen (secondary N) is 1. The lowest BCUT2D eigenvalue weighted by atomic mass is 9.78. The Labute approximate surface area is 69.0 Å². The summed E-state index contributed by atoms with van der Waals surface area (Å²) in [6.45, 7) is 2.63. The van der Waals surface area contributed by atoms with Crippen molar-refractivity contribution in [2.75, 3.05) is 13.6 Å². The Morgan fingerprint density at radius 2 is 2.18 bits per heavy atom. The van der Waals surface area contributed by atoms with Gasteiger partial charge in [-0.25, -0.2) is 0 Å². The van der Waals surface area contributed by atoms with Crippen LogP contribution >= 0.6 is 0 Å². The molecule has 1 rings (SSSR count). The van der Waals surface area contributed by atoms with Crippen molar-refractivity contribution >= 4 is 0 Å². The molecule has 1 unspecified atom stereocenters. The fourth-order valence-electron chi connectivity index (χ4n) is 1.77. The predicted octanol–water partition coefficient (Wildman–Crippen LogP) is 1.15. The molecule has 0 bridgehead atoms. The van der Waals surface area contributed by atoms with Gasteiger partial charge in [0.1, 0.15) is 0 Å². The minimum atomic E-state index is -0.486. The Balaban J connectivity index is 2.20. The number of rotatable bonds is 4. The van der Waals surface area contributed by atoms with Crippen LogP contribution in [0.5, 0.6) is 0 Å².